The summed E-state index contributed by atoms with van der Waals surface area (Å²) in [6.07, 6.45) is 1.44. The van der Waals surface area contributed by atoms with Crippen molar-refractivity contribution in [3.05, 3.63) is 87.7 Å². The van der Waals surface area contributed by atoms with Crippen LogP contribution in [-0.4, -0.2) is 16.8 Å². The summed E-state index contributed by atoms with van der Waals surface area (Å²) >= 11 is 6.10. The predicted octanol–water partition coefficient (Wildman–Crippen LogP) is 5.16. The smallest absolute Gasteiger partial charge is 0.274 e. The van der Waals surface area contributed by atoms with Crippen LogP contribution in [-0.2, 0) is 0 Å². The average molecular weight is 394 g/mol. The summed E-state index contributed by atoms with van der Waals surface area (Å²) in [5.41, 5.74) is 4.68. The number of pyridine rings is 1. The molecule has 1 heterocycles. The lowest BCUT2D eigenvalue weighted by molar-refractivity contribution is 0.102. The fourth-order valence-corrected chi connectivity index (χ4v) is 2.88. The number of rotatable bonds is 4. The molecule has 0 unspecified atom stereocenters. The first-order valence-electron chi connectivity index (χ1n) is 8.77. The molecule has 6 heteroatoms. The summed E-state index contributed by atoms with van der Waals surface area (Å²) in [5.74, 6) is -0.712. The van der Waals surface area contributed by atoms with E-state index in [-0.39, 0.29) is 17.5 Å². The Balaban J connectivity index is 1.79. The lowest BCUT2D eigenvalue weighted by atomic mass is 10.1. The van der Waals surface area contributed by atoms with Gasteiger partial charge < -0.3 is 10.6 Å². The number of aromatic nitrogens is 1. The minimum atomic E-state index is -0.373. The molecule has 0 atom stereocenters. The molecule has 0 saturated carbocycles. The Kier molecular flexibility index (Phi) is 5.76. The van der Waals surface area contributed by atoms with Gasteiger partial charge in [-0.3, -0.25) is 14.6 Å². The molecule has 28 heavy (non-hydrogen) atoms. The summed E-state index contributed by atoms with van der Waals surface area (Å²) in [4.78, 5) is 29.3. The van der Waals surface area contributed by atoms with Gasteiger partial charge in [-0.1, -0.05) is 29.8 Å². The van der Waals surface area contributed by atoms with Crippen molar-refractivity contribution in [1.82, 2.24) is 4.98 Å². The molecule has 0 saturated heterocycles. The monoisotopic (exact) mass is 393 g/mol. The van der Waals surface area contributed by atoms with E-state index < -0.39 is 0 Å². The summed E-state index contributed by atoms with van der Waals surface area (Å²) in [5, 5.41) is 6.24. The second-order valence-electron chi connectivity index (χ2n) is 6.50. The Morgan fingerprint density at radius 2 is 1.50 bits per heavy atom. The van der Waals surface area contributed by atoms with Crippen LogP contribution in [0.5, 0.6) is 0 Å². The third kappa shape index (κ3) is 4.21. The van der Waals surface area contributed by atoms with Crippen molar-refractivity contribution in [1.29, 1.82) is 0 Å². The van der Waals surface area contributed by atoms with Crippen molar-refractivity contribution in [2.75, 3.05) is 10.6 Å². The van der Waals surface area contributed by atoms with Crippen molar-refractivity contribution in [2.24, 2.45) is 0 Å². The van der Waals surface area contributed by atoms with Gasteiger partial charge in [0.05, 0.1) is 0 Å². The molecule has 3 rings (SSSR count). The zero-order valence-corrected chi connectivity index (χ0v) is 16.6. The molecule has 1 aromatic heterocycles. The first kappa shape index (κ1) is 19.6. The number of amides is 2. The maximum atomic E-state index is 12.6. The van der Waals surface area contributed by atoms with Gasteiger partial charge >= 0.3 is 0 Å². The van der Waals surface area contributed by atoms with E-state index in [1.165, 1.54) is 12.3 Å². The zero-order chi connectivity index (χ0) is 20.3. The Labute approximate surface area is 168 Å². The molecule has 0 aliphatic heterocycles. The molecular formula is C22H20ClN3O2. The molecular weight excluding hydrogens is 374 g/mol. The molecule has 0 fully saturated rings. The van der Waals surface area contributed by atoms with Crippen LogP contribution >= 0.6 is 11.6 Å². The van der Waals surface area contributed by atoms with Crippen LogP contribution < -0.4 is 10.6 Å². The van der Waals surface area contributed by atoms with Crippen molar-refractivity contribution in [2.45, 2.75) is 20.8 Å². The minimum absolute atomic E-state index is 0.163. The number of hydrogen-bond acceptors (Lipinski definition) is 3. The largest absolute Gasteiger partial charge is 0.322 e. The van der Waals surface area contributed by atoms with Gasteiger partial charge in [-0.2, -0.15) is 0 Å². The highest BCUT2D eigenvalue weighted by molar-refractivity contribution is 6.31. The van der Waals surface area contributed by atoms with Gasteiger partial charge in [0.25, 0.3) is 11.8 Å². The Bertz CT molecular complexity index is 983. The van der Waals surface area contributed by atoms with Gasteiger partial charge in [-0.15, -0.1) is 0 Å². The standard InChI is InChI=1S/C22H20ClN3O2/c1-13-6-4-8-18(14(13)2)26-22(28)20-12-16(10-11-24-20)21(27)25-19-9-5-7-17(23)15(19)3/h4-12H,1-3H3,(H,25,27)(H,26,28). The zero-order valence-electron chi connectivity index (χ0n) is 15.8. The first-order valence-corrected chi connectivity index (χ1v) is 9.14. The maximum Gasteiger partial charge on any atom is 0.274 e. The van der Waals surface area contributed by atoms with Crippen molar-refractivity contribution in [3.63, 3.8) is 0 Å². The molecule has 0 bridgehead atoms. The van der Waals surface area contributed by atoms with Crippen LogP contribution in [0.4, 0.5) is 11.4 Å². The highest BCUT2D eigenvalue weighted by Crippen LogP contribution is 2.23. The fourth-order valence-electron chi connectivity index (χ4n) is 2.71. The lowest BCUT2D eigenvalue weighted by Crippen LogP contribution is -2.17. The van der Waals surface area contributed by atoms with E-state index in [1.807, 2.05) is 39.0 Å². The van der Waals surface area contributed by atoms with Crippen LogP contribution in [0.25, 0.3) is 0 Å². The van der Waals surface area contributed by atoms with E-state index >= 15 is 0 Å². The van der Waals surface area contributed by atoms with Gasteiger partial charge in [0.1, 0.15) is 5.69 Å². The second-order valence-corrected chi connectivity index (χ2v) is 6.91. The van der Waals surface area contributed by atoms with E-state index in [1.54, 1.807) is 24.3 Å². The summed E-state index contributed by atoms with van der Waals surface area (Å²) in [7, 11) is 0. The third-order valence-electron chi connectivity index (χ3n) is 4.62. The van der Waals surface area contributed by atoms with Crippen molar-refractivity contribution >= 4 is 34.8 Å². The number of carbonyl (C=O) groups is 2. The van der Waals surface area contributed by atoms with Crippen molar-refractivity contribution in [3.8, 4) is 0 Å². The molecule has 0 spiro atoms. The second kappa shape index (κ2) is 8.23. The van der Waals surface area contributed by atoms with E-state index in [0.29, 0.717) is 16.3 Å². The summed E-state index contributed by atoms with van der Waals surface area (Å²) in [6, 6.07) is 14.0. The van der Waals surface area contributed by atoms with Crippen LogP contribution in [0.2, 0.25) is 5.02 Å². The molecule has 3 aromatic rings. The lowest BCUT2D eigenvalue weighted by Gasteiger charge is -2.11. The Morgan fingerprint density at radius 3 is 2.25 bits per heavy atom. The van der Waals surface area contributed by atoms with Gasteiger partial charge in [-0.05, 0) is 67.8 Å². The number of halogens is 1. The maximum absolute atomic E-state index is 12.6. The number of nitrogens with one attached hydrogen (secondary N) is 2. The fraction of sp³-hybridized carbons (Fsp3) is 0.136. The Hall–Kier alpha value is -3.18. The number of nitrogens with zero attached hydrogens (tertiary/aromatic N) is 1. The van der Waals surface area contributed by atoms with E-state index in [2.05, 4.69) is 15.6 Å². The minimum Gasteiger partial charge on any atom is -0.322 e. The number of aryl methyl sites for hydroxylation is 1. The molecule has 142 valence electrons. The number of carbonyl (C=O) groups excluding carboxylic acids is 2. The summed E-state index contributed by atoms with van der Waals surface area (Å²) < 4.78 is 0. The van der Waals surface area contributed by atoms with E-state index in [9.17, 15) is 9.59 Å². The average Bonchev–Trinajstić information content (AvgIpc) is 2.69. The number of hydrogen-bond donors (Lipinski definition) is 2. The van der Waals surface area contributed by atoms with Crippen LogP contribution in [0.1, 0.15) is 37.5 Å². The molecule has 0 aliphatic carbocycles. The SMILES string of the molecule is Cc1cccc(NC(=O)c2cc(C(=O)Nc3cccc(Cl)c3C)ccn2)c1C. The highest BCUT2D eigenvalue weighted by Gasteiger charge is 2.14. The van der Waals surface area contributed by atoms with Gasteiger partial charge in [0, 0.05) is 28.2 Å². The first-order chi connectivity index (χ1) is 13.4. The van der Waals surface area contributed by atoms with E-state index in [0.717, 1.165) is 22.4 Å². The molecule has 5 nitrogen and oxygen atoms in total. The van der Waals surface area contributed by atoms with Gasteiger partial charge in [0.15, 0.2) is 0 Å². The van der Waals surface area contributed by atoms with Crippen LogP contribution in [0, 0.1) is 20.8 Å². The van der Waals surface area contributed by atoms with Crippen molar-refractivity contribution < 1.29 is 9.59 Å². The van der Waals surface area contributed by atoms with E-state index in [4.69, 9.17) is 11.6 Å². The predicted molar refractivity (Wildman–Crippen MR) is 112 cm³/mol. The quantitative estimate of drug-likeness (QED) is 0.642. The summed E-state index contributed by atoms with van der Waals surface area (Å²) in [6.45, 7) is 5.75. The highest BCUT2D eigenvalue weighted by atomic mass is 35.5. The third-order valence-corrected chi connectivity index (χ3v) is 5.03. The van der Waals surface area contributed by atoms with Crippen LogP contribution in [0.15, 0.2) is 54.7 Å². The number of benzene rings is 2. The molecule has 0 aliphatic rings. The topological polar surface area (TPSA) is 71.1 Å². The molecule has 0 radical (unpaired) electrons. The Morgan fingerprint density at radius 1 is 0.857 bits per heavy atom. The van der Waals surface area contributed by atoms with Gasteiger partial charge in [-0.25, -0.2) is 0 Å². The molecule has 2 N–H and O–H groups in total. The van der Waals surface area contributed by atoms with Gasteiger partial charge in [0.2, 0.25) is 0 Å². The normalized spacial score (nSPS) is 10.4. The molecule has 2 amide bonds. The molecule has 2 aromatic carbocycles. The number of anilines is 2. The van der Waals surface area contributed by atoms with Crippen LogP contribution in [0.3, 0.4) is 0 Å².